The van der Waals surface area contributed by atoms with Crippen molar-refractivity contribution >= 4 is 34.0 Å². The van der Waals surface area contributed by atoms with Gasteiger partial charge >= 0.3 is 0 Å². The van der Waals surface area contributed by atoms with Crippen LogP contribution in [0.5, 0.6) is 0 Å². The van der Waals surface area contributed by atoms with Gasteiger partial charge in [-0.1, -0.05) is 6.07 Å². The predicted octanol–water partition coefficient (Wildman–Crippen LogP) is 3.07. The topological polar surface area (TPSA) is 28.2 Å². The fraction of sp³-hybridized carbons (Fsp3) is 0.533. The van der Waals surface area contributed by atoms with E-state index >= 15 is 0 Å². The van der Waals surface area contributed by atoms with Crippen LogP contribution in [0.25, 0.3) is 10.2 Å². The normalized spacial score (nSPS) is 19.4. The predicted molar refractivity (Wildman–Crippen MR) is 88.9 cm³/mol. The first-order valence-corrected chi connectivity index (χ1v) is 7.79. The molecular formula is C15H22ClN3S. The highest BCUT2D eigenvalue weighted by Crippen LogP contribution is 2.24. The Bertz CT molecular complexity index is 569. The molecule has 1 saturated heterocycles. The maximum absolute atomic E-state index is 4.52. The maximum atomic E-state index is 4.52. The lowest BCUT2D eigenvalue weighted by Gasteiger charge is -2.16. The molecular weight excluding hydrogens is 290 g/mol. The summed E-state index contributed by atoms with van der Waals surface area (Å²) in [6, 6.07) is 6.70. The summed E-state index contributed by atoms with van der Waals surface area (Å²) in [5, 5.41) is 4.44. The van der Waals surface area contributed by atoms with Gasteiger partial charge in [-0.15, -0.1) is 23.7 Å². The van der Waals surface area contributed by atoms with Gasteiger partial charge in [0, 0.05) is 13.1 Å². The van der Waals surface area contributed by atoms with E-state index in [0.29, 0.717) is 0 Å². The van der Waals surface area contributed by atoms with E-state index in [1.807, 2.05) is 7.05 Å². The van der Waals surface area contributed by atoms with Gasteiger partial charge in [0.05, 0.1) is 15.2 Å². The van der Waals surface area contributed by atoms with Gasteiger partial charge in [-0.05, 0) is 57.1 Å². The molecule has 1 aromatic carbocycles. The van der Waals surface area contributed by atoms with Crippen LogP contribution in [0.1, 0.15) is 17.0 Å². The van der Waals surface area contributed by atoms with Crippen molar-refractivity contribution in [3.63, 3.8) is 0 Å². The van der Waals surface area contributed by atoms with Crippen molar-refractivity contribution < 1.29 is 0 Å². The second-order valence-electron chi connectivity index (χ2n) is 5.48. The van der Waals surface area contributed by atoms with E-state index in [0.717, 1.165) is 29.5 Å². The number of aromatic nitrogens is 1. The number of nitrogens with one attached hydrogen (secondary N) is 1. The summed E-state index contributed by atoms with van der Waals surface area (Å²) in [5.41, 5.74) is 2.56. The first kappa shape index (κ1) is 15.7. The zero-order valence-electron chi connectivity index (χ0n) is 12.1. The monoisotopic (exact) mass is 311 g/mol. The Labute approximate surface area is 130 Å². The van der Waals surface area contributed by atoms with Gasteiger partial charge in [0.25, 0.3) is 0 Å². The summed E-state index contributed by atoms with van der Waals surface area (Å²) in [6.07, 6.45) is 1.32. The molecule has 0 amide bonds. The summed E-state index contributed by atoms with van der Waals surface area (Å²) >= 11 is 1.79. The van der Waals surface area contributed by atoms with Crippen molar-refractivity contribution in [3.8, 4) is 0 Å². The molecule has 1 N–H and O–H groups in total. The Kier molecular flexibility index (Phi) is 5.38. The van der Waals surface area contributed by atoms with Gasteiger partial charge in [0.2, 0.25) is 0 Å². The fourth-order valence-electron chi connectivity index (χ4n) is 2.95. The summed E-state index contributed by atoms with van der Waals surface area (Å²) in [4.78, 5) is 7.09. The number of rotatable bonds is 4. The van der Waals surface area contributed by atoms with Crippen LogP contribution in [0.15, 0.2) is 18.2 Å². The maximum Gasteiger partial charge on any atom is 0.0907 e. The second-order valence-corrected chi connectivity index (χ2v) is 6.72. The average molecular weight is 312 g/mol. The van der Waals surface area contributed by atoms with Crippen LogP contribution in [0.2, 0.25) is 0 Å². The largest absolute Gasteiger partial charge is 0.319 e. The number of hydrogen-bond donors (Lipinski definition) is 1. The molecule has 0 bridgehead atoms. The van der Waals surface area contributed by atoms with Crippen LogP contribution in [0.4, 0.5) is 0 Å². The molecule has 3 nitrogen and oxygen atoms in total. The van der Waals surface area contributed by atoms with E-state index in [-0.39, 0.29) is 12.4 Å². The van der Waals surface area contributed by atoms with Crippen LogP contribution >= 0.6 is 23.7 Å². The van der Waals surface area contributed by atoms with E-state index in [4.69, 9.17) is 0 Å². The molecule has 110 valence electrons. The van der Waals surface area contributed by atoms with Gasteiger partial charge in [-0.25, -0.2) is 4.98 Å². The highest BCUT2D eigenvalue weighted by molar-refractivity contribution is 7.18. The van der Waals surface area contributed by atoms with E-state index in [1.54, 1.807) is 11.3 Å². The first-order valence-electron chi connectivity index (χ1n) is 6.97. The lowest BCUT2D eigenvalue weighted by Crippen LogP contribution is -2.24. The molecule has 1 aliphatic rings. The van der Waals surface area contributed by atoms with Crippen molar-refractivity contribution in [1.82, 2.24) is 15.2 Å². The molecule has 20 heavy (non-hydrogen) atoms. The molecule has 0 aliphatic carbocycles. The summed E-state index contributed by atoms with van der Waals surface area (Å²) in [7, 11) is 2.04. The fourth-order valence-corrected chi connectivity index (χ4v) is 3.84. The summed E-state index contributed by atoms with van der Waals surface area (Å²) in [5.74, 6) is 0.819. The lowest BCUT2D eigenvalue weighted by atomic mass is 10.1. The number of hydrogen-bond acceptors (Lipinski definition) is 4. The third-order valence-electron chi connectivity index (χ3n) is 3.83. The zero-order chi connectivity index (χ0) is 13.2. The molecule has 1 unspecified atom stereocenters. The van der Waals surface area contributed by atoms with Crippen molar-refractivity contribution in [2.75, 3.05) is 26.7 Å². The van der Waals surface area contributed by atoms with Crippen LogP contribution in [-0.4, -0.2) is 36.6 Å². The van der Waals surface area contributed by atoms with Crippen LogP contribution in [-0.2, 0) is 6.54 Å². The Morgan fingerprint density at radius 3 is 3.10 bits per heavy atom. The van der Waals surface area contributed by atoms with Crippen molar-refractivity contribution in [1.29, 1.82) is 0 Å². The molecule has 1 fully saturated rings. The van der Waals surface area contributed by atoms with Crippen LogP contribution in [0.3, 0.4) is 0 Å². The summed E-state index contributed by atoms with van der Waals surface area (Å²) < 4.78 is 1.32. The molecule has 2 aromatic rings. The highest BCUT2D eigenvalue weighted by Gasteiger charge is 2.21. The van der Waals surface area contributed by atoms with Crippen molar-refractivity contribution in [2.24, 2.45) is 5.92 Å². The quantitative estimate of drug-likeness (QED) is 0.940. The van der Waals surface area contributed by atoms with Gasteiger partial charge in [0.1, 0.15) is 0 Å². The molecule has 3 rings (SSSR count). The number of fused-ring (bicyclic) bond motifs is 1. The van der Waals surface area contributed by atoms with Crippen molar-refractivity contribution in [3.05, 3.63) is 28.8 Å². The third kappa shape index (κ3) is 3.50. The Morgan fingerprint density at radius 1 is 1.45 bits per heavy atom. The average Bonchev–Trinajstić information content (AvgIpc) is 2.95. The number of nitrogens with zero attached hydrogens (tertiary/aromatic N) is 2. The standard InChI is InChI=1S/C15H21N3S.ClH/c1-11-17-14-4-3-12(7-15(14)19-11)9-18-6-5-13(10-18)8-16-2;/h3-4,7,13,16H,5-6,8-10H2,1-2H3;1H. The van der Waals surface area contributed by atoms with E-state index in [2.05, 4.69) is 40.3 Å². The lowest BCUT2D eigenvalue weighted by molar-refractivity contribution is 0.315. The Morgan fingerprint density at radius 2 is 2.30 bits per heavy atom. The Balaban J connectivity index is 0.00000147. The van der Waals surface area contributed by atoms with Gasteiger partial charge in [-0.2, -0.15) is 0 Å². The SMILES string of the molecule is CNCC1CCN(Cc2ccc3nc(C)sc3c2)C1.Cl. The number of likely N-dealkylation sites (tertiary alicyclic amines) is 1. The molecule has 2 heterocycles. The molecule has 5 heteroatoms. The molecule has 0 saturated carbocycles. The number of aryl methyl sites for hydroxylation is 1. The van der Waals surface area contributed by atoms with Gasteiger partial charge in [-0.3, -0.25) is 4.90 Å². The smallest absolute Gasteiger partial charge is 0.0907 e. The second kappa shape index (κ2) is 6.85. The summed E-state index contributed by atoms with van der Waals surface area (Å²) in [6.45, 7) is 6.75. The molecule has 0 radical (unpaired) electrons. The Hall–Kier alpha value is -0.680. The van der Waals surface area contributed by atoms with Crippen molar-refractivity contribution in [2.45, 2.75) is 19.9 Å². The molecule has 1 atom stereocenters. The van der Waals surface area contributed by atoms with Gasteiger partial charge < -0.3 is 5.32 Å². The van der Waals surface area contributed by atoms with Crippen LogP contribution in [0, 0.1) is 12.8 Å². The zero-order valence-corrected chi connectivity index (χ0v) is 13.7. The molecule has 1 aliphatic heterocycles. The van der Waals surface area contributed by atoms with E-state index < -0.39 is 0 Å². The number of halogens is 1. The third-order valence-corrected chi connectivity index (χ3v) is 4.76. The molecule has 0 spiro atoms. The van der Waals surface area contributed by atoms with E-state index in [9.17, 15) is 0 Å². The van der Waals surface area contributed by atoms with Gasteiger partial charge in [0.15, 0.2) is 0 Å². The highest BCUT2D eigenvalue weighted by atomic mass is 35.5. The number of benzene rings is 1. The number of thiazole rings is 1. The first-order chi connectivity index (χ1) is 9.24. The van der Waals surface area contributed by atoms with Crippen LogP contribution < -0.4 is 5.32 Å². The minimum absolute atomic E-state index is 0. The van der Waals surface area contributed by atoms with E-state index in [1.165, 1.54) is 29.8 Å². The molecule has 1 aromatic heterocycles. The minimum Gasteiger partial charge on any atom is -0.319 e. The minimum atomic E-state index is 0.